The number of carbonyl (C=O) groups is 1. The Labute approximate surface area is 135 Å². The Kier molecular flexibility index (Phi) is 6.50. The third kappa shape index (κ3) is 3.77. The summed E-state index contributed by atoms with van der Waals surface area (Å²) < 4.78 is 15.3. The number of allylic oxidation sites excluding steroid dienone is 1. The third-order valence-electron chi connectivity index (χ3n) is 3.07. The summed E-state index contributed by atoms with van der Waals surface area (Å²) in [5.74, 6) is -0.237. The zero-order valence-corrected chi connectivity index (χ0v) is 14.1. The van der Waals surface area contributed by atoms with E-state index in [0.717, 1.165) is 10.1 Å². The van der Waals surface area contributed by atoms with Gasteiger partial charge >= 0.3 is 5.69 Å². The Morgan fingerprint density at radius 2 is 1.96 bits per heavy atom. The summed E-state index contributed by atoms with van der Waals surface area (Å²) in [6, 6.07) is 4.56. The Balaban J connectivity index is 0.00000127. The van der Waals surface area contributed by atoms with Crippen LogP contribution in [0.5, 0.6) is 0 Å². The van der Waals surface area contributed by atoms with E-state index in [0.29, 0.717) is 12.1 Å². The molecule has 0 aliphatic heterocycles. The number of imidazole rings is 1. The maximum atomic E-state index is 14.2. The van der Waals surface area contributed by atoms with Crippen molar-refractivity contribution in [3.63, 3.8) is 0 Å². The fraction of sp³-hybridized carbons (Fsp3) is 0.294. The van der Waals surface area contributed by atoms with Gasteiger partial charge in [-0.3, -0.25) is 4.79 Å². The van der Waals surface area contributed by atoms with Crippen LogP contribution in [0.25, 0.3) is 11.8 Å². The molecule has 124 valence electrons. The number of rotatable bonds is 4. The number of anilines is 1. The number of carbonyl (C=O) groups excluding carboxylic acids is 1. The van der Waals surface area contributed by atoms with E-state index >= 15 is 0 Å². The molecule has 2 rings (SSSR count). The van der Waals surface area contributed by atoms with Crippen molar-refractivity contribution in [1.82, 2.24) is 9.55 Å². The Morgan fingerprint density at radius 3 is 2.48 bits per heavy atom. The molecular formula is C17H22FN3O2. The molecule has 1 aromatic heterocycles. The molecule has 0 aliphatic rings. The second-order valence-electron chi connectivity index (χ2n) is 4.67. The molecule has 23 heavy (non-hydrogen) atoms. The van der Waals surface area contributed by atoms with Gasteiger partial charge in [0, 0.05) is 7.05 Å². The number of nitrogens with one attached hydrogen (secondary N) is 1. The molecule has 1 amide bonds. The van der Waals surface area contributed by atoms with E-state index in [9.17, 15) is 14.0 Å². The maximum absolute atomic E-state index is 14.2. The largest absolute Gasteiger partial charge is 0.332 e. The van der Waals surface area contributed by atoms with Crippen molar-refractivity contribution < 1.29 is 9.18 Å². The summed E-state index contributed by atoms with van der Waals surface area (Å²) in [6.07, 6.45) is 3.95. The third-order valence-corrected chi connectivity index (χ3v) is 3.07. The molecule has 0 atom stereocenters. The van der Waals surface area contributed by atoms with Gasteiger partial charge in [0.05, 0.1) is 11.4 Å². The standard InChI is InChI=1S/C15H16FN3O2.C2H6/c1-4-5-12-14(18(3)9-20)19(15(21)17-12)13-7-6-10(2)8-11(13)16;1-2/h4-9H,1-3H3,(H,17,21);1-2H3/b5-4-;. The lowest BCUT2D eigenvalue weighted by Gasteiger charge is -2.15. The van der Waals surface area contributed by atoms with E-state index in [-0.39, 0.29) is 11.5 Å². The number of aryl methyl sites for hydroxylation is 1. The molecule has 0 radical (unpaired) electrons. The summed E-state index contributed by atoms with van der Waals surface area (Å²) in [6.45, 7) is 7.54. The van der Waals surface area contributed by atoms with Crippen molar-refractivity contribution in [1.29, 1.82) is 0 Å². The highest BCUT2D eigenvalue weighted by molar-refractivity contribution is 5.78. The minimum Gasteiger partial charge on any atom is -0.304 e. The van der Waals surface area contributed by atoms with Crippen LogP contribution in [0.4, 0.5) is 10.2 Å². The number of aromatic amines is 1. The minimum atomic E-state index is -0.524. The van der Waals surface area contributed by atoms with E-state index < -0.39 is 11.5 Å². The SMILES string of the molecule is C/C=C\c1[nH]c(=O)n(-c2ccc(C)cc2F)c1N(C)C=O.CC. The van der Waals surface area contributed by atoms with E-state index in [1.807, 2.05) is 13.8 Å². The predicted molar refractivity (Wildman–Crippen MR) is 91.6 cm³/mol. The van der Waals surface area contributed by atoms with Crippen LogP contribution < -0.4 is 10.6 Å². The van der Waals surface area contributed by atoms with Gasteiger partial charge in [-0.2, -0.15) is 0 Å². The van der Waals surface area contributed by atoms with Crippen molar-refractivity contribution in [2.24, 2.45) is 0 Å². The van der Waals surface area contributed by atoms with Gasteiger partial charge < -0.3 is 9.88 Å². The molecule has 6 heteroatoms. The van der Waals surface area contributed by atoms with Crippen LogP contribution in [0, 0.1) is 12.7 Å². The summed E-state index contributed by atoms with van der Waals surface area (Å²) >= 11 is 0. The predicted octanol–water partition coefficient (Wildman–Crippen LogP) is 3.27. The van der Waals surface area contributed by atoms with E-state index in [1.54, 1.807) is 32.1 Å². The fourth-order valence-corrected chi connectivity index (χ4v) is 2.14. The molecule has 2 aromatic rings. The maximum Gasteiger partial charge on any atom is 0.332 e. The van der Waals surface area contributed by atoms with Crippen LogP contribution >= 0.6 is 0 Å². The van der Waals surface area contributed by atoms with Crippen LogP contribution in [0.1, 0.15) is 32.0 Å². The number of benzene rings is 1. The highest BCUT2D eigenvalue weighted by Gasteiger charge is 2.19. The Hall–Kier alpha value is -2.63. The molecule has 1 aromatic carbocycles. The average Bonchev–Trinajstić information content (AvgIpc) is 2.85. The average molecular weight is 319 g/mol. The molecule has 0 saturated heterocycles. The highest BCUT2D eigenvalue weighted by atomic mass is 19.1. The van der Waals surface area contributed by atoms with Crippen LogP contribution in [0.3, 0.4) is 0 Å². The molecule has 0 bridgehead atoms. The molecule has 1 N–H and O–H groups in total. The number of hydrogen-bond donors (Lipinski definition) is 1. The first-order valence-electron chi connectivity index (χ1n) is 7.42. The second-order valence-corrected chi connectivity index (χ2v) is 4.67. The highest BCUT2D eigenvalue weighted by Crippen LogP contribution is 2.23. The summed E-state index contributed by atoms with van der Waals surface area (Å²) in [4.78, 5) is 27.1. The molecule has 0 spiro atoms. The van der Waals surface area contributed by atoms with Crippen LogP contribution in [-0.4, -0.2) is 23.0 Å². The van der Waals surface area contributed by atoms with Gasteiger partial charge in [-0.25, -0.2) is 13.8 Å². The lowest BCUT2D eigenvalue weighted by molar-refractivity contribution is -0.107. The number of hydrogen-bond acceptors (Lipinski definition) is 2. The smallest absolute Gasteiger partial charge is 0.304 e. The zero-order chi connectivity index (χ0) is 17.6. The number of nitrogens with zero attached hydrogens (tertiary/aromatic N) is 2. The summed E-state index contributed by atoms with van der Waals surface area (Å²) in [5.41, 5.74) is 0.784. The van der Waals surface area contributed by atoms with Crippen molar-refractivity contribution in [3.8, 4) is 5.69 Å². The molecule has 0 fully saturated rings. The van der Waals surface area contributed by atoms with Gasteiger partial charge in [0.2, 0.25) is 6.41 Å². The molecule has 5 nitrogen and oxygen atoms in total. The molecule has 1 heterocycles. The lowest BCUT2D eigenvalue weighted by Crippen LogP contribution is -2.23. The monoisotopic (exact) mass is 319 g/mol. The molecule has 0 unspecified atom stereocenters. The Bertz CT molecular complexity index is 760. The first-order chi connectivity index (χ1) is 11.0. The van der Waals surface area contributed by atoms with Gasteiger partial charge in [0.15, 0.2) is 0 Å². The van der Waals surface area contributed by atoms with Crippen molar-refractivity contribution >= 4 is 18.3 Å². The normalized spacial score (nSPS) is 10.3. The molecular weight excluding hydrogens is 297 g/mol. The quantitative estimate of drug-likeness (QED) is 0.879. The van der Waals surface area contributed by atoms with Gasteiger partial charge in [0.1, 0.15) is 11.6 Å². The number of H-pyrrole nitrogens is 1. The topological polar surface area (TPSA) is 58.1 Å². The number of halogens is 1. The van der Waals surface area contributed by atoms with Crippen LogP contribution in [0.15, 0.2) is 29.1 Å². The number of aromatic nitrogens is 2. The van der Waals surface area contributed by atoms with Gasteiger partial charge in [-0.15, -0.1) is 0 Å². The second kappa shape index (κ2) is 8.12. The molecule has 0 saturated carbocycles. The zero-order valence-electron chi connectivity index (χ0n) is 14.1. The molecule has 0 aliphatic carbocycles. The first kappa shape index (κ1) is 18.4. The van der Waals surface area contributed by atoms with Gasteiger partial charge in [0.25, 0.3) is 0 Å². The summed E-state index contributed by atoms with van der Waals surface area (Å²) in [7, 11) is 1.51. The van der Waals surface area contributed by atoms with E-state index in [1.165, 1.54) is 24.1 Å². The summed E-state index contributed by atoms with van der Waals surface area (Å²) in [5, 5.41) is 0. The van der Waals surface area contributed by atoms with Crippen LogP contribution in [-0.2, 0) is 4.79 Å². The minimum absolute atomic E-state index is 0.0984. The van der Waals surface area contributed by atoms with Gasteiger partial charge in [-0.05, 0) is 37.6 Å². The van der Waals surface area contributed by atoms with Crippen LogP contribution in [0.2, 0.25) is 0 Å². The van der Waals surface area contributed by atoms with E-state index in [2.05, 4.69) is 4.98 Å². The van der Waals surface area contributed by atoms with E-state index in [4.69, 9.17) is 0 Å². The fourth-order valence-electron chi connectivity index (χ4n) is 2.14. The first-order valence-corrected chi connectivity index (χ1v) is 7.42. The van der Waals surface area contributed by atoms with Crippen molar-refractivity contribution in [2.45, 2.75) is 27.7 Å². The Morgan fingerprint density at radius 1 is 1.30 bits per heavy atom. The van der Waals surface area contributed by atoms with Crippen molar-refractivity contribution in [2.75, 3.05) is 11.9 Å². The van der Waals surface area contributed by atoms with Crippen molar-refractivity contribution in [3.05, 3.63) is 51.8 Å². The number of amides is 1. The lowest BCUT2D eigenvalue weighted by atomic mass is 10.2. The van der Waals surface area contributed by atoms with Gasteiger partial charge in [-0.1, -0.05) is 26.0 Å².